The molecule has 1 aromatic heterocycles. The van der Waals surface area contributed by atoms with Crippen molar-refractivity contribution < 1.29 is 23.9 Å². The van der Waals surface area contributed by atoms with E-state index in [4.69, 9.17) is 9.47 Å². The maximum atomic E-state index is 13.2. The SMILES string of the molecule is COC(=O)C1=CC=C(C(=O)Nc2cc(-c3cccnc3)ccc2NC(=O)OC(C)(C)C)C(C)C1. The number of anilines is 2. The van der Waals surface area contributed by atoms with Gasteiger partial charge in [0, 0.05) is 29.1 Å². The highest BCUT2D eigenvalue weighted by Crippen LogP contribution is 2.32. The summed E-state index contributed by atoms with van der Waals surface area (Å²) in [7, 11) is 1.33. The van der Waals surface area contributed by atoms with E-state index in [1.807, 2.05) is 25.1 Å². The van der Waals surface area contributed by atoms with Crippen LogP contribution in [0.15, 0.2) is 66.0 Å². The van der Waals surface area contributed by atoms with E-state index < -0.39 is 17.7 Å². The number of carbonyl (C=O) groups is 3. The third-order valence-electron chi connectivity index (χ3n) is 5.13. The maximum absolute atomic E-state index is 13.2. The number of carbonyl (C=O) groups excluding carboxylic acids is 3. The molecule has 1 aromatic carbocycles. The number of amides is 2. The minimum Gasteiger partial charge on any atom is -0.466 e. The van der Waals surface area contributed by atoms with Gasteiger partial charge in [-0.2, -0.15) is 0 Å². The smallest absolute Gasteiger partial charge is 0.412 e. The van der Waals surface area contributed by atoms with Crippen molar-refractivity contribution in [3.63, 3.8) is 0 Å². The van der Waals surface area contributed by atoms with Crippen LogP contribution >= 0.6 is 0 Å². The van der Waals surface area contributed by atoms with Gasteiger partial charge in [-0.15, -0.1) is 0 Å². The molecular formula is C26H29N3O5. The summed E-state index contributed by atoms with van der Waals surface area (Å²) in [5, 5.41) is 5.61. The summed E-state index contributed by atoms with van der Waals surface area (Å²) in [5.74, 6) is -0.929. The van der Waals surface area contributed by atoms with Gasteiger partial charge in [0.1, 0.15) is 5.60 Å². The maximum Gasteiger partial charge on any atom is 0.412 e. The fourth-order valence-corrected chi connectivity index (χ4v) is 3.52. The van der Waals surface area contributed by atoms with E-state index in [2.05, 4.69) is 15.6 Å². The Hall–Kier alpha value is -3.94. The summed E-state index contributed by atoms with van der Waals surface area (Å²) in [5.41, 5.74) is 2.84. The van der Waals surface area contributed by atoms with E-state index in [0.29, 0.717) is 28.9 Å². The molecule has 2 N–H and O–H groups in total. The molecule has 0 fully saturated rings. The van der Waals surface area contributed by atoms with Gasteiger partial charge in [-0.1, -0.05) is 31.2 Å². The van der Waals surface area contributed by atoms with Gasteiger partial charge in [0.2, 0.25) is 0 Å². The monoisotopic (exact) mass is 463 g/mol. The Morgan fingerprint density at radius 2 is 1.79 bits per heavy atom. The highest BCUT2D eigenvalue weighted by atomic mass is 16.6. The first-order valence-corrected chi connectivity index (χ1v) is 10.9. The first kappa shape index (κ1) is 24.7. The zero-order valence-corrected chi connectivity index (χ0v) is 20.0. The summed E-state index contributed by atoms with van der Waals surface area (Å²) in [6, 6.07) is 9.02. The number of benzene rings is 1. The van der Waals surface area contributed by atoms with Crippen LogP contribution in [-0.2, 0) is 19.1 Å². The van der Waals surface area contributed by atoms with E-state index in [0.717, 1.165) is 11.1 Å². The van der Waals surface area contributed by atoms with Gasteiger partial charge in [-0.05, 0) is 56.9 Å². The number of pyridine rings is 1. The molecule has 1 aliphatic carbocycles. The highest BCUT2D eigenvalue weighted by Gasteiger charge is 2.25. The van der Waals surface area contributed by atoms with Gasteiger partial charge in [0.25, 0.3) is 5.91 Å². The number of ether oxygens (including phenoxy) is 2. The first-order valence-electron chi connectivity index (χ1n) is 10.9. The van der Waals surface area contributed by atoms with Crippen molar-refractivity contribution in [1.82, 2.24) is 4.98 Å². The molecule has 3 rings (SSSR count). The minimum absolute atomic E-state index is 0.192. The zero-order valence-electron chi connectivity index (χ0n) is 20.0. The predicted molar refractivity (Wildman–Crippen MR) is 130 cm³/mol. The number of hydrogen-bond donors (Lipinski definition) is 2. The molecule has 8 heteroatoms. The van der Waals surface area contributed by atoms with Gasteiger partial charge in [0.15, 0.2) is 0 Å². The van der Waals surface area contributed by atoms with E-state index in [1.165, 1.54) is 7.11 Å². The molecule has 1 atom stereocenters. The minimum atomic E-state index is -0.671. The van der Waals surface area contributed by atoms with Crippen molar-refractivity contribution in [2.24, 2.45) is 5.92 Å². The number of rotatable bonds is 5. The molecule has 0 saturated heterocycles. The van der Waals surface area contributed by atoms with Crippen molar-refractivity contribution in [2.75, 3.05) is 17.7 Å². The number of methoxy groups -OCH3 is 1. The van der Waals surface area contributed by atoms with Gasteiger partial charge in [0.05, 0.1) is 18.5 Å². The fraction of sp³-hybridized carbons (Fsp3) is 0.308. The molecule has 1 heterocycles. The van der Waals surface area contributed by atoms with Crippen molar-refractivity contribution in [3.8, 4) is 11.1 Å². The fourth-order valence-electron chi connectivity index (χ4n) is 3.52. The molecule has 2 amide bonds. The molecular weight excluding hydrogens is 434 g/mol. The Morgan fingerprint density at radius 3 is 2.41 bits per heavy atom. The lowest BCUT2D eigenvalue weighted by Crippen LogP contribution is -2.28. The molecule has 1 unspecified atom stereocenters. The summed E-state index contributed by atoms with van der Waals surface area (Å²) in [4.78, 5) is 41.5. The van der Waals surface area contributed by atoms with Crippen LogP contribution in [0.2, 0.25) is 0 Å². The van der Waals surface area contributed by atoms with E-state index >= 15 is 0 Å². The molecule has 0 radical (unpaired) electrons. The standard InChI is InChI=1S/C26H29N3O5/c1-16-13-18(24(31)33-5)8-10-20(16)23(30)28-22-14-17(19-7-6-12-27-15-19)9-11-21(22)29-25(32)34-26(2,3)4/h6-12,14-16H,13H2,1-5H3,(H,28,30)(H,29,32). The number of nitrogens with zero attached hydrogens (tertiary/aromatic N) is 1. The van der Waals surface area contributed by atoms with Crippen LogP contribution in [0.1, 0.15) is 34.1 Å². The average molecular weight is 464 g/mol. The van der Waals surface area contributed by atoms with E-state index in [9.17, 15) is 14.4 Å². The normalized spacial score (nSPS) is 15.5. The number of nitrogens with one attached hydrogen (secondary N) is 2. The molecule has 0 spiro atoms. The quantitative estimate of drug-likeness (QED) is 0.598. The number of hydrogen-bond acceptors (Lipinski definition) is 6. The molecule has 8 nitrogen and oxygen atoms in total. The highest BCUT2D eigenvalue weighted by molar-refractivity contribution is 6.08. The van der Waals surface area contributed by atoms with Crippen molar-refractivity contribution >= 4 is 29.3 Å². The molecule has 178 valence electrons. The van der Waals surface area contributed by atoms with Crippen LogP contribution in [-0.4, -0.2) is 35.7 Å². The second-order valence-corrected chi connectivity index (χ2v) is 8.99. The predicted octanol–water partition coefficient (Wildman–Crippen LogP) is 5.10. The van der Waals surface area contributed by atoms with Crippen LogP contribution in [0.3, 0.4) is 0 Å². The lowest BCUT2D eigenvalue weighted by atomic mass is 9.88. The van der Waals surface area contributed by atoms with Crippen LogP contribution in [0, 0.1) is 5.92 Å². The van der Waals surface area contributed by atoms with Crippen LogP contribution in [0.4, 0.5) is 16.2 Å². The summed E-state index contributed by atoms with van der Waals surface area (Å²) < 4.78 is 10.1. The lowest BCUT2D eigenvalue weighted by molar-refractivity contribution is -0.136. The Balaban J connectivity index is 1.91. The van der Waals surface area contributed by atoms with Gasteiger partial charge < -0.3 is 14.8 Å². The zero-order chi connectivity index (χ0) is 24.9. The third kappa shape index (κ3) is 6.31. The third-order valence-corrected chi connectivity index (χ3v) is 5.13. The Labute approximate surface area is 199 Å². The van der Waals surface area contributed by atoms with Gasteiger partial charge >= 0.3 is 12.1 Å². The number of aromatic nitrogens is 1. The largest absolute Gasteiger partial charge is 0.466 e. The topological polar surface area (TPSA) is 107 Å². The van der Waals surface area contributed by atoms with E-state index in [1.54, 1.807) is 57.4 Å². The van der Waals surface area contributed by atoms with Gasteiger partial charge in [-0.3, -0.25) is 15.1 Å². The summed E-state index contributed by atoms with van der Waals surface area (Å²) in [6.45, 7) is 7.18. The Bertz CT molecular complexity index is 1150. The van der Waals surface area contributed by atoms with E-state index in [-0.39, 0.29) is 11.8 Å². The number of allylic oxidation sites excluding steroid dienone is 2. The van der Waals surface area contributed by atoms with Crippen LogP contribution in [0.5, 0.6) is 0 Å². The first-order chi connectivity index (χ1) is 16.1. The second kappa shape index (κ2) is 10.3. The lowest BCUT2D eigenvalue weighted by Gasteiger charge is -2.22. The molecule has 2 aromatic rings. The van der Waals surface area contributed by atoms with Crippen LogP contribution < -0.4 is 10.6 Å². The summed E-state index contributed by atoms with van der Waals surface area (Å²) >= 11 is 0. The molecule has 0 bridgehead atoms. The number of esters is 1. The molecule has 0 saturated carbocycles. The van der Waals surface area contributed by atoms with Crippen LogP contribution in [0.25, 0.3) is 11.1 Å². The summed E-state index contributed by atoms with van der Waals surface area (Å²) in [6.07, 6.45) is 6.39. The molecule has 0 aliphatic heterocycles. The average Bonchev–Trinajstić information content (AvgIpc) is 2.78. The molecule has 34 heavy (non-hydrogen) atoms. The Morgan fingerprint density at radius 1 is 1.03 bits per heavy atom. The Kier molecular flexibility index (Phi) is 7.50. The second-order valence-electron chi connectivity index (χ2n) is 8.99. The van der Waals surface area contributed by atoms with Gasteiger partial charge in [-0.25, -0.2) is 9.59 Å². The molecule has 1 aliphatic rings. The van der Waals surface area contributed by atoms with Crippen molar-refractivity contribution in [3.05, 3.63) is 66.0 Å². The van der Waals surface area contributed by atoms with Crippen molar-refractivity contribution in [1.29, 1.82) is 0 Å². The van der Waals surface area contributed by atoms with Crippen molar-refractivity contribution in [2.45, 2.75) is 39.7 Å².